The number of nitrogens with zero attached hydrogens (tertiary/aromatic N) is 1. The summed E-state index contributed by atoms with van der Waals surface area (Å²) < 4.78 is 5.96. The van der Waals surface area contributed by atoms with Crippen molar-refractivity contribution in [3.8, 4) is 0 Å². The van der Waals surface area contributed by atoms with Crippen LogP contribution in [0.15, 0.2) is 24.0 Å². The van der Waals surface area contributed by atoms with Crippen LogP contribution in [0.2, 0.25) is 0 Å². The Morgan fingerprint density at radius 1 is 1.21 bits per heavy atom. The van der Waals surface area contributed by atoms with Crippen molar-refractivity contribution in [1.29, 1.82) is 0 Å². The first-order chi connectivity index (χ1) is 11.7. The Morgan fingerprint density at radius 3 is 2.75 bits per heavy atom. The summed E-state index contributed by atoms with van der Waals surface area (Å²) in [6, 6.07) is 0. The van der Waals surface area contributed by atoms with Crippen LogP contribution in [0, 0.1) is 17.8 Å². The first kappa shape index (κ1) is 18.0. The second-order valence-electron chi connectivity index (χ2n) is 8.18. The van der Waals surface area contributed by atoms with Crippen molar-refractivity contribution in [2.75, 3.05) is 26.2 Å². The molecule has 0 amide bonds. The first-order valence-corrected chi connectivity index (χ1v) is 10.1. The maximum atomic E-state index is 9.64. The Hall–Kier alpha value is -0.800. The Balaban J connectivity index is 1.31. The molecule has 1 saturated carbocycles. The molecule has 3 nitrogen and oxygen atoms in total. The van der Waals surface area contributed by atoms with Gasteiger partial charge >= 0.3 is 0 Å². The van der Waals surface area contributed by atoms with Gasteiger partial charge in [0, 0.05) is 13.1 Å². The van der Waals surface area contributed by atoms with Gasteiger partial charge in [0.25, 0.3) is 0 Å². The van der Waals surface area contributed by atoms with Crippen molar-refractivity contribution >= 4 is 0 Å². The third-order valence-electron chi connectivity index (χ3n) is 6.07. The van der Waals surface area contributed by atoms with E-state index in [-0.39, 0.29) is 6.10 Å². The summed E-state index contributed by atoms with van der Waals surface area (Å²) in [4.78, 5) is 2.59. The summed E-state index contributed by atoms with van der Waals surface area (Å²) >= 11 is 0. The van der Waals surface area contributed by atoms with Crippen molar-refractivity contribution < 1.29 is 9.84 Å². The second-order valence-corrected chi connectivity index (χ2v) is 8.18. The van der Waals surface area contributed by atoms with Crippen LogP contribution in [0.5, 0.6) is 0 Å². The zero-order valence-electron chi connectivity index (χ0n) is 15.3. The summed E-state index contributed by atoms with van der Waals surface area (Å²) in [6.07, 6.45) is 16.1. The molecule has 2 atom stereocenters. The fraction of sp³-hybridized carbons (Fsp3) is 0.810. The highest BCUT2D eigenvalue weighted by atomic mass is 16.5. The van der Waals surface area contributed by atoms with Gasteiger partial charge in [-0.3, -0.25) is 0 Å². The SMILES string of the molecule is C[C@H]1CCCN(CCCOC2=CCC(C3CCC(O)CC3)C=C2)C1. The highest BCUT2D eigenvalue weighted by Gasteiger charge is 2.26. The molecule has 2 fully saturated rings. The Labute approximate surface area is 147 Å². The molecule has 1 saturated heterocycles. The molecular weight excluding hydrogens is 298 g/mol. The van der Waals surface area contributed by atoms with Gasteiger partial charge in [0.05, 0.1) is 12.7 Å². The van der Waals surface area contributed by atoms with Crippen molar-refractivity contribution in [3.63, 3.8) is 0 Å². The Kier molecular flexibility index (Phi) is 6.79. The molecule has 0 radical (unpaired) electrons. The third kappa shape index (κ3) is 5.35. The van der Waals surface area contributed by atoms with E-state index >= 15 is 0 Å². The summed E-state index contributed by atoms with van der Waals surface area (Å²) in [5.74, 6) is 3.33. The van der Waals surface area contributed by atoms with Crippen molar-refractivity contribution in [3.05, 3.63) is 24.0 Å². The summed E-state index contributed by atoms with van der Waals surface area (Å²) in [6.45, 7) is 6.91. The fourth-order valence-corrected chi connectivity index (χ4v) is 4.57. The van der Waals surface area contributed by atoms with E-state index in [2.05, 4.69) is 30.1 Å². The molecule has 2 aliphatic carbocycles. The zero-order valence-corrected chi connectivity index (χ0v) is 15.3. The standard InChI is InChI=1S/C21H35NO2/c1-17-4-2-13-22(16-17)14-3-15-24-21-11-7-19(8-12-21)18-5-9-20(23)10-6-18/h7,11-12,17-20,23H,2-6,8-10,13-16H2,1H3/t17-,18?,19?,20?/m0/s1. The fourth-order valence-electron chi connectivity index (χ4n) is 4.57. The average Bonchev–Trinajstić information content (AvgIpc) is 2.60. The van der Waals surface area contributed by atoms with Gasteiger partial charge in [-0.15, -0.1) is 0 Å². The highest BCUT2D eigenvalue weighted by molar-refractivity contribution is 5.19. The molecule has 1 aliphatic heterocycles. The lowest BCUT2D eigenvalue weighted by Gasteiger charge is -2.31. The van der Waals surface area contributed by atoms with E-state index in [1.54, 1.807) is 0 Å². The van der Waals surface area contributed by atoms with Crippen LogP contribution in [0.4, 0.5) is 0 Å². The molecule has 0 spiro atoms. The van der Waals surface area contributed by atoms with Crippen molar-refractivity contribution in [2.24, 2.45) is 17.8 Å². The van der Waals surface area contributed by atoms with Gasteiger partial charge in [0.2, 0.25) is 0 Å². The van der Waals surface area contributed by atoms with E-state index < -0.39 is 0 Å². The van der Waals surface area contributed by atoms with Crippen LogP contribution < -0.4 is 0 Å². The largest absolute Gasteiger partial charge is 0.494 e. The lowest BCUT2D eigenvalue weighted by molar-refractivity contribution is 0.0971. The number of ether oxygens (including phenoxy) is 1. The molecule has 3 aliphatic rings. The smallest absolute Gasteiger partial charge is 0.115 e. The van der Waals surface area contributed by atoms with Crippen LogP contribution in [-0.4, -0.2) is 42.4 Å². The van der Waals surface area contributed by atoms with Crippen LogP contribution in [0.3, 0.4) is 0 Å². The van der Waals surface area contributed by atoms with Crippen molar-refractivity contribution in [1.82, 2.24) is 4.90 Å². The van der Waals surface area contributed by atoms with E-state index in [0.29, 0.717) is 5.92 Å². The molecule has 24 heavy (non-hydrogen) atoms. The maximum absolute atomic E-state index is 9.64. The number of allylic oxidation sites excluding steroid dienone is 3. The zero-order chi connectivity index (χ0) is 16.8. The van der Waals surface area contributed by atoms with E-state index in [0.717, 1.165) is 49.9 Å². The Morgan fingerprint density at radius 2 is 2.04 bits per heavy atom. The summed E-state index contributed by atoms with van der Waals surface area (Å²) in [5, 5.41) is 9.64. The molecule has 1 unspecified atom stereocenters. The summed E-state index contributed by atoms with van der Waals surface area (Å²) in [5.41, 5.74) is 0. The van der Waals surface area contributed by atoms with Gasteiger partial charge in [0.15, 0.2) is 0 Å². The average molecular weight is 334 g/mol. The minimum atomic E-state index is -0.0499. The molecule has 1 N–H and O–H groups in total. The molecular formula is C21H35NO2. The Bertz CT molecular complexity index is 437. The van der Waals surface area contributed by atoms with Crippen molar-refractivity contribution in [2.45, 2.75) is 64.4 Å². The number of hydrogen-bond acceptors (Lipinski definition) is 3. The van der Waals surface area contributed by atoms with Gasteiger partial charge in [-0.2, -0.15) is 0 Å². The molecule has 0 aromatic heterocycles. The molecule has 0 bridgehead atoms. The van der Waals surface area contributed by atoms with Gasteiger partial charge in [0.1, 0.15) is 5.76 Å². The molecule has 0 aromatic carbocycles. The molecule has 3 heteroatoms. The molecule has 0 aromatic rings. The lowest BCUT2D eigenvalue weighted by atomic mass is 9.76. The number of hydrogen-bond donors (Lipinski definition) is 1. The minimum absolute atomic E-state index is 0.0499. The maximum Gasteiger partial charge on any atom is 0.115 e. The normalized spacial score (nSPS) is 34.8. The molecule has 1 heterocycles. The van der Waals surface area contributed by atoms with E-state index in [4.69, 9.17) is 4.74 Å². The van der Waals surface area contributed by atoms with Crippen LogP contribution in [0.25, 0.3) is 0 Å². The molecule has 3 rings (SSSR count). The van der Waals surface area contributed by atoms with Gasteiger partial charge in [-0.25, -0.2) is 0 Å². The number of aliphatic hydroxyl groups is 1. The van der Waals surface area contributed by atoms with E-state index in [1.165, 1.54) is 45.3 Å². The minimum Gasteiger partial charge on any atom is -0.494 e. The quantitative estimate of drug-likeness (QED) is 0.742. The number of likely N-dealkylation sites (tertiary alicyclic amines) is 1. The molecule has 136 valence electrons. The number of aliphatic hydroxyl groups excluding tert-OH is 1. The van der Waals surface area contributed by atoms with Crippen LogP contribution in [0.1, 0.15) is 58.3 Å². The lowest BCUT2D eigenvalue weighted by Crippen LogP contribution is -2.35. The third-order valence-corrected chi connectivity index (χ3v) is 6.07. The highest BCUT2D eigenvalue weighted by Crippen LogP contribution is 2.35. The predicted octanol–water partition coefficient (Wildman–Crippen LogP) is 4.14. The van der Waals surface area contributed by atoms with E-state index in [1.807, 2.05) is 0 Å². The number of piperidine rings is 1. The predicted molar refractivity (Wildman–Crippen MR) is 98.7 cm³/mol. The second kappa shape index (κ2) is 9.05. The van der Waals surface area contributed by atoms with Gasteiger partial charge in [-0.1, -0.05) is 13.0 Å². The monoisotopic (exact) mass is 333 g/mol. The summed E-state index contributed by atoms with van der Waals surface area (Å²) in [7, 11) is 0. The number of rotatable bonds is 6. The van der Waals surface area contributed by atoms with Gasteiger partial charge in [-0.05, 0) is 87.8 Å². The van der Waals surface area contributed by atoms with Gasteiger partial charge < -0.3 is 14.7 Å². The van der Waals surface area contributed by atoms with E-state index in [9.17, 15) is 5.11 Å². The first-order valence-electron chi connectivity index (χ1n) is 10.1. The van der Waals surface area contributed by atoms with Crippen LogP contribution in [-0.2, 0) is 4.74 Å². The topological polar surface area (TPSA) is 32.7 Å². The van der Waals surface area contributed by atoms with Crippen LogP contribution >= 0.6 is 0 Å².